The second-order valence-electron chi connectivity index (χ2n) is 5.80. The third kappa shape index (κ3) is 4.59. The van der Waals surface area contributed by atoms with Crippen LogP contribution in [0, 0.1) is 6.92 Å². The minimum atomic E-state index is -0.212. The van der Waals surface area contributed by atoms with Crippen molar-refractivity contribution in [1.82, 2.24) is 0 Å². The van der Waals surface area contributed by atoms with Gasteiger partial charge in [-0.15, -0.1) is 11.3 Å². The highest BCUT2D eigenvalue weighted by Crippen LogP contribution is 2.33. The van der Waals surface area contributed by atoms with Gasteiger partial charge in [-0.3, -0.25) is 0 Å². The number of unbranched alkanes of at least 4 members (excludes halogenated alkanes) is 1. The molecule has 1 aromatic carbocycles. The number of hydrogen-bond donors (Lipinski definition) is 1. The highest BCUT2D eigenvalue weighted by atomic mass is 32.1. The molecule has 0 saturated carbocycles. The van der Waals surface area contributed by atoms with Gasteiger partial charge >= 0.3 is 0 Å². The maximum atomic E-state index is 9.28. The van der Waals surface area contributed by atoms with Gasteiger partial charge in [0.15, 0.2) is 0 Å². The Hall–Kier alpha value is -1.32. The van der Waals surface area contributed by atoms with Crippen molar-refractivity contribution < 1.29 is 9.84 Å². The number of aliphatic hydroxyl groups excluding tert-OH is 1. The fraction of sp³-hybridized carbons (Fsp3) is 0.474. The summed E-state index contributed by atoms with van der Waals surface area (Å²) in [6.45, 7) is 6.86. The fourth-order valence-electron chi connectivity index (χ4n) is 2.51. The van der Waals surface area contributed by atoms with Gasteiger partial charge in [0, 0.05) is 4.88 Å². The molecule has 0 aliphatic heterocycles. The first-order chi connectivity index (χ1) is 10.6. The van der Waals surface area contributed by atoms with E-state index in [1.54, 1.807) is 11.3 Å². The van der Waals surface area contributed by atoms with E-state index in [-0.39, 0.29) is 6.10 Å². The van der Waals surface area contributed by atoms with Crippen molar-refractivity contribution in [3.63, 3.8) is 0 Å². The molecule has 2 nitrogen and oxygen atoms in total. The van der Waals surface area contributed by atoms with E-state index >= 15 is 0 Å². The molecule has 120 valence electrons. The number of ether oxygens (including phenoxy) is 1. The zero-order valence-electron chi connectivity index (χ0n) is 13.8. The zero-order valence-corrected chi connectivity index (χ0v) is 14.6. The maximum absolute atomic E-state index is 9.28. The molecule has 1 aromatic heterocycles. The van der Waals surface area contributed by atoms with Gasteiger partial charge in [0.25, 0.3) is 0 Å². The van der Waals surface area contributed by atoms with E-state index in [9.17, 15) is 5.11 Å². The zero-order chi connectivity index (χ0) is 15.9. The summed E-state index contributed by atoms with van der Waals surface area (Å²) in [6.07, 6.45) is 3.60. The molecule has 0 bridgehead atoms. The number of hydrogen-bond acceptors (Lipinski definition) is 3. The Kier molecular flexibility index (Phi) is 6.47. The van der Waals surface area contributed by atoms with E-state index in [4.69, 9.17) is 4.74 Å². The van der Waals surface area contributed by atoms with Crippen LogP contribution >= 0.6 is 11.3 Å². The molecule has 3 heteroatoms. The van der Waals surface area contributed by atoms with Crippen LogP contribution in [0.1, 0.15) is 44.2 Å². The first-order valence-corrected chi connectivity index (χ1v) is 8.98. The number of rotatable bonds is 8. The Morgan fingerprint density at radius 1 is 1.23 bits per heavy atom. The van der Waals surface area contributed by atoms with E-state index in [0.717, 1.165) is 31.4 Å². The molecule has 1 atom stereocenters. The molecule has 0 aliphatic rings. The standard InChI is InChI=1S/C19H26O2S/c1-4-16-8-9-17(19-14(2)10-12-22-19)13-18(16)21-11-6-5-7-15(3)20/h8-10,12-13,15,20H,4-7,11H2,1-3H3. The van der Waals surface area contributed by atoms with Crippen molar-refractivity contribution in [2.75, 3.05) is 6.61 Å². The second-order valence-corrected chi connectivity index (χ2v) is 6.72. The van der Waals surface area contributed by atoms with Crippen LogP contribution in [0.5, 0.6) is 5.75 Å². The molecule has 2 rings (SSSR count). The summed E-state index contributed by atoms with van der Waals surface area (Å²) in [5.41, 5.74) is 3.81. The summed E-state index contributed by atoms with van der Waals surface area (Å²) in [7, 11) is 0. The molecule has 0 fully saturated rings. The van der Waals surface area contributed by atoms with E-state index in [0.29, 0.717) is 6.61 Å². The van der Waals surface area contributed by atoms with Gasteiger partial charge in [0.2, 0.25) is 0 Å². The molecular weight excluding hydrogens is 292 g/mol. The van der Waals surface area contributed by atoms with Crippen LogP contribution in [0.25, 0.3) is 10.4 Å². The molecular formula is C19H26O2S. The van der Waals surface area contributed by atoms with Gasteiger partial charge in [-0.25, -0.2) is 0 Å². The van der Waals surface area contributed by atoms with Crippen molar-refractivity contribution in [1.29, 1.82) is 0 Å². The van der Waals surface area contributed by atoms with Crippen LogP contribution in [-0.2, 0) is 6.42 Å². The van der Waals surface area contributed by atoms with Gasteiger partial charge in [0.1, 0.15) is 5.75 Å². The summed E-state index contributed by atoms with van der Waals surface area (Å²) in [5, 5.41) is 11.4. The highest BCUT2D eigenvalue weighted by Gasteiger charge is 2.08. The van der Waals surface area contributed by atoms with E-state index in [1.165, 1.54) is 21.6 Å². The minimum absolute atomic E-state index is 0.212. The van der Waals surface area contributed by atoms with Crippen molar-refractivity contribution in [2.45, 2.75) is 52.6 Å². The van der Waals surface area contributed by atoms with Crippen LogP contribution in [0.2, 0.25) is 0 Å². The lowest BCUT2D eigenvalue weighted by molar-refractivity contribution is 0.177. The molecule has 22 heavy (non-hydrogen) atoms. The fourth-order valence-corrected chi connectivity index (χ4v) is 3.44. The lowest BCUT2D eigenvalue weighted by Crippen LogP contribution is -2.03. The van der Waals surface area contributed by atoms with Crippen molar-refractivity contribution in [2.24, 2.45) is 0 Å². The molecule has 0 saturated heterocycles. The molecule has 1 N–H and O–H groups in total. The topological polar surface area (TPSA) is 29.5 Å². The minimum Gasteiger partial charge on any atom is -0.493 e. The van der Waals surface area contributed by atoms with Gasteiger partial charge < -0.3 is 9.84 Å². The van der Waals surface area contributed by atoms with E-state index < -0.39 is 0 Å². The monoisotopic (exact) mass is 318 g/mol. The predicted octanol–water partition coefficient (Wildman–Crippen LogP) is 5.22. The van der Waals surface area contributed by atoms with E-state index in [1.807, 2.05) is 6.92 Å². The molecule has 0 radical (unpaired) electrons. The van der Waals surface area contributed by atoms with Crippen molar-refractivity contribution in [3.8, 4) is 16.2 Å². The van der Waals surface area contributed by atoms with Crippen LogP contribution in [0.15, 0.2) is 29.6 Å². The Balaban J connectivity index is 2.04. The van der Waals surface area contributed by atoms with Gasteiger partial charge in [-0.05, 0) is 73.7 Å². The van der Waals surface area contributed by atoms with Gasteiger partial charge in [0.05, 0.1) is 12.7 Å². The van der Waals surface area contributed by atoms with Crippen molar-refractivity contribution in [3.05, 3.63) is 40.8 Å². The first kappa shape index (κ1) is 17.0. The van der Waals surface area contributed by atoms with Crippen LogP contribution in [0.3, 0.4) is 0 Å². The largest absolute Gasteiger partial charge is 0.493 e. The molecule has 1 unspecified atom stereocenters. The summed E-state index contributed by atoms with van der Waals surface area (Å²) < 4.78 is 6.01. The predicted molar refractivity (Wildman–Crippen MR) is 94.9 cm³/mol. The normalized spacial score (nSPS) is 12.4. The molecule has 0 aliphatic carbocycles. The summed E-state index contributed by atoms with van der Waals surface area (Å²) in [4.78, 5) is 1.32. The summed E-state index contributed by atoms with van der Waals surface area (Å²) in [6, 6.07) is 8.70. The van der Waals surface area contributed by atoms with E-state index in [2.05, 4.69) is 43.5 Å². The molecule has 2 aromatic rings. The Morgan fingerprint density at radius 3 is 2.68 bits per heavy atom. The third-order valence-corrected chi connectivity index (χ3v) is 4.91. The van der Waals surface area contributed by atoms with Crippen LogP contribution in [0.4, 0.5) is 0 Å². The van der Waals surface area contributed by atoms with Crippen LogP contribution < -0.4 is 4.74 Å². The Labute approximate surface area is 137 Å². The maximum Gasteiger partial charge on any atom is 0.123 e. The quantitative estimate of drug-likeness (QED) is 0.677. The van der Waals surface area contributed by atoms with Gasteiger partial charge in [-0.2, -0.15) is 0 Å². The molecule has 0 spiro atoms. The number of aryl methyl sites for hydroxylation is 2. The Bertz CT molecular complexity index is 587. The SMILES string of the molecule is CCc1ccc(-c2sccc2C)cc1OCCCCC(C)O. The average Bonchev–Trinajstić information content (AvgIpc) is 2.92. The van der Waals surface area contributed by atoms with Crippen molar-refractivity contribution >= 4 is 11.3 Å². The highest BCUT2D eigenvalue weighted by molar-refractivity contribution is 7.13. The molecule has 0 amide bonds. The second kappa shape index (κ2) is 8.35. The lowest BCUT2D eigenvalue weighted by Gasteiger charge is -2.13. The number of thiophene rings is 1. The average molecular weight is 318 g/mol. The summed E-state index contributed by atoms with van der Waals surface area (Å²) >= 11 is 1.78. The van der Waals surface area contributed by atoms with Gasteiger partial charge in [-0.1, -0.05) is 19.1 Å². The van der Waals surface area contributed by atoms with Crippen LogP contribution in [-0.4, -0.2) is 17.8 Å². The number of benzene rings is 1. The smallest absolute Gasteiger partial charge is 0.123 e. The molecule has 1 heterocycles. The number of aliphatic hydroxyl groups is 1. The first-order valence-electron chi connectivity index (χ1n) is 8.10. The third-order valence-electron chi connectivity index (χ3n) is 3.85. The lowest BCUT2D eigenvalue weighted by atomic mass is 10.1. The summed E-state index contributed by atoms with van der Waals surface area (Å²) in [5.74, 6) is 1.00. The Morgan fingerprint density at radius 2 is 2.05 bits per heavy atom.